The van der Waals surface area contributed by atoms with Crippen LogP contribution in [0.15, 0.2) is 53.9 Å². The number of nitrogens with zero attached hydrogens (tertiary/aromatic N) is 5. The molecule has 0 saturated heterocycles. The molecule has 0 saturated carbocycles. The molecule has 1 radical (unpaired) electrons. The molecule has 0 aliphatic carbocycles. The van der Waals surface area contributed by atoms with E-state index in [9.17, 15) is 9.59 Å². The van der Waals surface area contributed by atoms with Crippen LogP contribution in [0.1, 0.15) is 17.2 Å². The minimum atomic E-state index is -0.959. The molecule has 0 aliphatic heterocycles. The van der Waals surface area contributed by atoms with Gasteiger partial charge in [-0.05, 0) is 24.1 Å². The summed E-state index contributed by atoms with van der Waals surface area (Å²) in [4.78, 5) is 37.9. The van der Waals surface area contributed by atoms with Crippen molar-refractivity contribution in [2.24, 2.45) is 5.90 Å². The molecule has 213 valence electrons. The molecule has 0 fully saturated rings. The van der Waals surface area contributed by atoms with Crippen molar-refractivity contribution >= 4 is 24.0 Å². The van der Waals surface area contributed by atoms with Crippen molar-refractivity contribution in [3.63, 3.8) is 0 Å². The molecule has 0 spiro atoms. The van der Waals surface area contributed by atoms with Crippen LogP contribution in [-0.2, 0) is 85.9 Å². The largest absolute Gasteiger partial charge is 0 e. The summed E-state index contributed by atoms with van der Waals surface area (Å²) in [7, 11) is 0. The van der Waals surface area contributed by atoms with E-state index in [0.29, 0.717) is 37.7 Å². The summed E-state index contributed by atoms with van der Waals surface area (Å²) in [6, 6.07) is 7.67. The molecular formula is C23H24N6O9ReS. The number of aromatic nitrogens is 4. The topological polar surface area (TPSA) is 218 Å². The predicted octanol–water partition coefficient (Wildman–Crippen LogP) is 1.21. The zero-order chi connectivity index (χ0) is 29.6. The Bertz CT molecular complexity index is 1130. The van der Waals surface area contributed by atoms with E-state index in [1.807, 2.05) is 24.3 Å². The SMILES string of the molecule is NOOSc1ccc(CCN(Cc2nccn2CC(=O)O)Cc2nccn2CC(=O)O)cc1.[C-]#[O+].[C-]#[O+].[C-]#[O+].[Re]. The third-order valence-electron chi connectivity index (χ3n) is 4.75. The molecule has 15 nitrogen and oxygen atoms in total. The number of carbonyl (C=O) groups is 2. The second kappa shape index (κ2) is 23.5. The van der Waals surface area contributed by atoms with E-state index in [0.717, 1.165) is 22.5 Å². The first-order valence-corrected chi connectivity index (χ1v) is 11.2. The Hall–Kier alpha value is -3.35. The summed E-state index contributed by atoms with van der Waals surface area (Å²) >= 11 is 0.996. The van der Waals surface area contributed by atoms with Crippen LogP contribution < -0.4 is 5.90 Å². The number of benzene rings is 1. The van der Waals surface area contributed by atoms with Gasteiger partial charge in [0.1, 0.15) is 24.7 Å². The van der Waals surface area contributed by atoms with E-state index in [1.165, 1.54) is 0 Å². The smallest absolute Gasteiger partial charge is 0 e. The third-order valence-corrected chi connectivity index (χ3v) is 5.37. The average molecular weight is 747 g/mol. The molecule has 4 N–H and O–H groups in total. The van der Waals surface area contributed by atoms with Crippen LogP contribution in [0.25, 0.3) is 0 Å². The summed E-state index contributed by atoms with van der Waals surface area (Å²) in [5, 5.41) is 18.3. The number of nitrogens with two attached hydrogens (primary N) is 1. The average Bonchev–Trinajstić information content (AvgIpc) is 3.58. The van der Waals surface area contributed by atoms with E-state index >= 15 is 0 Å². The molecule has 17 heteroatoms. The summed E-state index contributed by atoms with van der Waals surface area (Å²) in [5.74, 6) is 4.12. The molecule has 3 rings (SSSR count). The van der Waals surface area contributed by atoms with Crippen LogP contribution in [0.2, 0.25) is 0 Å². The number of imidazole rings is 2. The minimum Gasteiger partial charge on any atom is 0 e. The number of aliphatic carboxylic acids is 2. The van der Waals surface area contributed by atoms with Crippen LogP contribution in [-0.4, -0.2) is 52.7 Å². The Balaban J connectivity index is 0. The molecule has 0 amide bonds. The normalized spacial score (nSPS) is 9.40. The Morgan fingerprint density at radius 3 is 1.75 bits per heavy atom. The van der Waals surface area contributed by atoms with E-state index in [1.54, 1.807) is 33.9 Å². The van der Waals surface area contributed by atoms with Gasteiger partial charge < -0.3 is 19.3 Å². The van der Waals surface area contributed by atoms with Crippen LogP contribution >= 0.6 is 12.0 Å². The molecular weight excluding hydrogens is 723 g/mol. The summed E-state index contributed by atoms with van der Waals surface area (Å²) in [5.41, 5.74) is 1.07. The van der Waals surface area contributed by atoms with Crippen molar-refractivity contribution in [1.82, 2.24) is 24.0 Å². The maximum atomic E-state index is 11.2. The zero-order valence-corrected chi connectivity index (χ0v) is 24.2. The van der Waals surface area contributed by atoms with Gasteiger partial charge >= 0.3 is 45.8 Å². The Labute approximate surface area is 247 Å². The fourth-order valence-corrected chi connectivity index (χ4v) is 3.60. The minimum absolute atomic E-state index is 0. The van der Waals surface area contributed by atoms with Gasteiger partial charge in [0.2, 0.25) is 0 Å². The van der Waals surface area contributed by atoms with Gasteiger partial charge in [0.05, 0.1) is 25.1 Å². The first-order chi connectivity index (χ1) is 18.9. The molecule has 3 aromatic rings. The van der Waals surface area contributed by atoms with Gasteiger partial charge in [-0.15, -0.1) is 9.32 Å². The number of carboxylic acids is 2. The molecule has 40 heavy (non-hydrogen) atoms. The fourth-order valence-electron chi connectivity index (χ4n) is 3.23. The number of hydrogen-bond donors (Lipinski definition) is 3. The molecule has 2 heterocycles. The number of rotatable bonds is 14. The quantitative estimate of drug-likeness (QED) is 0.0700. The van der Waals surface area contributed by atoms with Gasteiger partial charge in [-0.25, -0.2) is 9.97 Å². The maximum absolute atomic E-state index is 11.2. The van der Waals surface area contributed by atoms with Crippen LogP contribution in [0.4, 0.5) is 0 Å². The molecule has 0 bridgehead atoms. The van der Waals surface area contributed by atoms with E-state index in [4.69, 9.17) is 30.1 Å². The Morgan fingerprint density at radius 2 is 1.35 bits per heavy atom. The fraction of sp³-hybridized carbons (Fsp3) is 0.261. The standard InChI is InChI=1S/C20H24N6O6S.3CO.Re/c21-31-32-33-16-3-1-15(2-4-16)5-8-24(11-17-22-6-9-25(17)13-19(27)28)12-18-23-7-10-26(18)14-20(29)30;3*1-2;/h1-4,6-7,9-10H,5,8,11-14,21H2,(H,27,28)(H,29,30);;;;. The van der Waals surface area contributed by atoms with Crippen LogP contribution in [0.3, 0.4) is 0 Å². The molecule has 0 atom stereocenters. The monoisotopic (exact) mass is 747 g/mol. The van der Waals surface area contributed by atoms with Crippen LogP contribution in [0, 0.1) is 20.0 Å². The molecule has 2 aromatic heterocycles. The van der Waals surface area contributed by atoms with Crippen molar-refractivity contribution in [3.05, 3.63) is 86.2 Å². The van der Waals surface area contributed by atoms with Gasteiger partial charge in [-0.3, -0.25) is 14.5 Å². The first kappa shape index (κ1) is 38.8. The summed E-state index contributed by atoms with van der Waals surface area (Å²) in [6.45, 7) is 14.5. The van der Waals surface area contributed by atoms with Crippen LogP contribution in [0.5, 0.6) is 0 Å². The number of carboxylic acid groups (broad SMARTS) is 2. The van der Waals surface area contributed by atoms with Gasteiger partial charge in [-0.1, -0.05) is 12.1 Å². The van der Waals surface area contributed by atoms with E-state index < -0.39 is 11.9 Å². The second-order valence-corrected chi connectivity index (χ2v) is 7.86. The second-order valence-electron chi connectivity index (χ2n) is 7.08. The van der Waals surface area contributed by atoms with Gasteiger partial charge in [-0.2, -0.15) is 5.90 Å². The summed E-state index contributed by atoms with van der Waals surface area (Å²) in [6.07, 6.45) is 7.06. The maximum Gasteiger partial charge on any atom is 0 e. The van der Waals surface area contributed by atoms with E-state index in [2.05, 4.69) is 44.1 Å². The van der Waals surface area contributed by atoms with Crippen molar-refractivity contribution in [2.45, 2.75) is 37.5 Å². The summed E-state index contributed by atoms with van der Waals surface area (Å²) < 4.78 is 30.3. The van der Waals surface area contributed by atoms with Crippen molar-refractivity contribution in [3.8, 4) is 0 Å². The number of hydrogen-bond acceptors (Lipinski definition) is 9. The van der Waals surface area contributed by atoms with Gasteiger partial charge in [0, 0.05) is 56.7 Å². The first-order valence-electron chi connectivity index (χ1n) is 10.5. The van der Waals surface area contributed by atoms with Crippen molar-refractivity contribution < 1.29 is 63.5 Å². The third kappa shape index (κ3) is 14.7. The predicted molar refractivity (Wildman–Crippen MR) is 128 cm³/mol. The van der Waals surface area contributed by atoms with Crippen molar-refractivity contribution in [2.75, 3.05) is 6.54 Å². The Kier molecular flexibility index (Phi) is 22.8. The molecule has 0 unspecified atom stereocenters. The Morgan fingerprint density at radius 1 is 0.900 bits per heavy atom. The van der Waals surface area contributed by atoms with Crippen molar-refractivity contribution in [1.29, 1.82) is 0 Å². The molecule has 0 aliphatic rings. The van der Waals surface area contributed by atoms with Gasteiger partial charge in [0.25, 0.3) is 0 Å². The zero-order valence-electron chi connectivity index (χ0n) is 20.7. The molecule has 1 aromatic carbocycles. The van der Waals surface area contributed by atoms with E-state index in [-0.39, 0.29) is 33.5 Å². The van der Waals surface area contributed by atoms with Gasteiger partial charge in [0.15, 0.2) is 0 Å².